The van der Waals surface area contributed by atoms with E-state index in [4.69, 9.17) is 0 Å². The lowest BCUT2D eigenvalue weighted by Gasteiger charge is -2.27. The van der Waals surface area contributed by atoms with E-state index in [0.29, 0.717) is 11.1 Å². The van der Waals surface area contributed by atoms with Gasteiger partial charge in [-0.1, -0.05) is 100 Å². The van der Waals surface area contributed by atoms with Crippen LogP contribution in [0.3, 0.4) is 0 Å². The Morgan fingerprint density at radius 3 is 1.00 bits per heavy atom. The van der Waals surface area contributed by atoms with E-state index < -0.39 is 0 Å². The van der Waals surface area contributed by atoms with Crippen molar-refractivity contribution in [3.63, 3.8) is 0 Å². The summed E-state index contributed by atoms with van der Waals surface area (Å²) < 4.78 is 4.53. The van der Waals surface area contributed by atoms with Crippen LogP contribution >= 0.6 is 0 Å². The highest BCUT2D eigenvalue weighted by Crippen LogP contribution is 2.45. The van der Waals surface area contributed by atoms with Crippen LogP contribution in [-0.2, 0) is 0 Å². The minimum atomic E-state index is -0.0470. The molecular weight excluding hydrogens is 512 g/mol. The van der Waals surface area contributed by atoms with Crippen molar-refractivity contribution < 1.29 is 0 Å². The quantitative estimate of drug-likeness (QED) is 0.222. The maximum absolute atomic E-state index is 10.9. The Hall–Kier alpha value is -5.32. The molecule has 0 aliphatic rings. The number of rotatable bonds is 4. The predicted molar refractivity (Wildman–Crippen MR) is 173 cm³/mol. The third-order valence-electron chi connectivity index (χ3n) is 8.51. The Bertz CT molecular complexity index is 2020. The van der Waals surface area contributed by atoms with Gasteiger partial charge in [0.2, 0.25) is 0 Å². The zero-order valence-electron chi connectivity index (χ0n) is 24.2. The molecule has 0 amide bonds. The van der Waals surface area contributed by atoms with Crippen LogP contribution in [0.25, 0.3) is 55.0 Å². The Labute approximate surface area is 245 Å². The van der Waals surface area contributed by atoms with Crippen molar-refractivity contribution in [3.8, 4) is 23.5 Å². The molecule has 4 nitrogen and oxygen atoms in total. The largest absolute Gasteiger partial charge is 0.308 e. The van der Waals surface area contributed by atoms with Gasteiger partial charge in [-0.15, -0.1) is 0 Å². The van der Waals surface area contributed by atoms with Gasteiger partial charge < -0.3 is 9.13 Å². The van der Waals surface area contributed by atoms with Gasteiger partial charge >= 0.3 is 0 Å². The van der Waals surface area contributed by atoms with E-state index in [1.54, 1.807) is 0 Å². The normalized spacial score (nSPS) is 11.7. The summed E-state index contributed by atoms with van der Waals surface area (Å²) in [4.78, 5) is 0. The molecular formula is C38H30N4. The minimum Gasteiger partial charge on any atom is -0.308 e. The standard InChI is InChI=1S/C38H30N4/c1-23(2)35-29(21-39)37(41-31-17-9-5-13-25(31)26-14-6-10-18-32(26)41)36(24(3)4)38(30(35)22-40)42-33-19-11-7-15-27(33)28-16-8-12-20-34(28)42/h5-20,23-24H,1-4H3. The van der Waals surface area contributed by atoms with E-state index in [1.165, 1.54) is 0 Å². The van der Waals surface area contributed by atoms with E-state index in [1.807, 2.05) is 0 Å². The van der Waals surface area contributed by atoms with Gasteiger partial charge in [-0.2, -0.15) is 10.5 Å². The van der Waals surface area contributed by atoms with Crippen molar-refractivity contribution in [2.45, 2.75) is 39.5 Å². The molecule has 4 heteroatoms. The molecule has 0 bridgehead atoms. The molecule has 7 aromatic rings. The molecule has 0 fully saturated rings. The van der Waals surface area contributed by atoms with E-state index in [2.05, 4.69) is 146 Å². The van der Waals surface area contributed by atoms with Gasteiger partial charge in [-0.3, -0.25) is 0 Å². The van der Waals surface area contributed by atoms with Gasteiger partial charge in [0.25, 0.3) is 0 Å². The molecule has 7 rings (SSSR count). The molecule has 0 N–H and O–H groups in total. The first-order chi connectivity index (χ1) is 20.5. The maximum atomic E-state index is 10.9. The molecule has 0 atom stereocenters. The average molecular weight is 543 g/mol. The molecule has 42 heavy (non-hydrogen) atoms. The molecule has 0 saturated heterocycles. The molecule has 0 aliphatic carbocycles. The molecule has 0 saturated carbocycles. The van der Waals surface area contributed by atoms with E-state index in [0.717, 1.165) is 66.1 Å². The van der Waals surface area contributed by atoms with E-state index in [9.17, 15) is 10.5 Å². The lowest BCUT2D eigenvalue weighted by Crippen LogP contribution is -2.16. The highest BCUT2D eigenvalue weighted by molar-refractivity contribution is 6.11. The van der Waals surface area contributed by atoms with Crippen molar-refractivity contribution in [2.75, 3.05) is 0 Å². The van der Waals surface area contributed by atoms with Gasteiger partial charge in [0.05, 0.1) is 44.6 Å². The second kappa shape index (κ2) is 9.65. The fraction of sp³-hybridized carbons (Fsp3) is 0.158. The first kappa shape index (κ1) is 25.6. The SMILES string of the molecule is CC(C)c1c(C#N)c(-n2c3ccccc3c3ccccc32)c(C(C)C)c(-n2c3ccccc3c3ccccc32)c1C#N. The summed E-state index contributed by atoms with van der Waals surface area (Å²) in [5.74, 6) is -0.0375. The molecule has 0 spiro atoms. The van der Waals surface area contributed by atoms with Crippen LogP contribution in [0.4, 0.5) is 0 Å². The number of aromatic nitrogens is 2. The number of fused-ring (bicyclic) bond motifs is 6. The fourth-order valence-corrected chi connectivity index (χ4v) is 6.90. The number of nitrogens with zero attached hydrogens (tertiary/aromatic N) is 4. The topological polar surface area (TPSA) is 57.4 Å². The maximum Gasteiger partial charge on any atom is 0.102 e. The molecule has 2 heterocycles. The lowest BCUT2D eigenvalue weighted by molar-refractivity contribution is 0.815. The van der Waals surface area contributed by atoms with Gasteiger partial charge in [-0.25, -0.2) is 0 Å². The Morgan fingerprint density at radius 2 is 0.738 bits per heavy atom. The summed E-state index contributed by atoms with van der Waals surface area (Å²) >= 11 is 0. The van der Waals surface area contributed by atoms with Crippen LogP contribution in [-0.4, -0.2) is 9.13 Å². The average Bonchev–Trinajstić information content (AvgIpc) is 3.52. The summed E-state index contributed by atoms with van der Waals surface area (Å²) in [5.41, 5.74) is 8.84. The first-order valence-electron chi connectivity index (χ1n) is 14.5. The molecule has 202 valence electrons. The predicted octanol–water partition coefficient (Wildman–Crippen LogP) is 9.87. The second-order valence-electron chi connectivity index (χ2n) is 11.5. The lowest BCUT2D eigenvalue weighted by atomic mass is 9.84. The van der Waals surface area contributed by atoms with Gasteiger partial charge in [0.15, 0.2) is 0 Å². The van der Waals surface area contributed by atoms with Crippen molar-refractivity contribution in [1.82, 2.24) is 9.13 Å². The van der Waals surface area contributed by atoms with Crippen molar-refractivity contribution in [1.29, 1.82) is 10.5 Å². The monoisotopic (exact) mass is 542 g/mol. The van der Waals surface area contributed by atoms with Crippen LogP contribution in [0.5, 0.6) is 0 Å². The fourth-order valence-electron chi connectivity index (χ4n) is 6.90. The summed E-state index contributed by atoms with van der Waals surface area (Å²) in [7, 11) is 0. The third-order valence-corrected chi connectivity index (χ3v) is 8.51. The summed E-state index contributed by atoms with van der Waals surface area (Å²) in [6.45, 7) is 8.50. The van der Waals surface area contributed by atoms with E-state index in [-0.39, 0.29) is 11.8 Å². The summed E-state index contributed by atoms with van der Waals surface area (Å²) in [5, 5.41) is 26.4. The Kier molecular flexibility index (Phi) is 5.89. The number of para-hydroxylation sites is 4. The summed E-state index contributed by atoms with van der Waals surface area (Å²) in [6.07, 6.45) is 0. The molecule has 0 radical (unpaired) electrons. The van der Waals surface area contributed by atoms with Gasteiger partial charge in [0, 0.05) is 27.1 Å². The summed E-state index contributed by atoms with van der Waals surface area (Å²) in [6, 6.07) is 38.8. The second-order valence-corrected chi connectivity index (χ2v) is 11.5. The zero-order valence-corrected chi connectivity index (χ0v) is 24.2. The zero-order chi connectivity index (χ0) is 29.1. The van der Waals surface area contributed by atoms with E-state index >= 15 is 0 Å². The highest BCUT2D eigenvalue weighted by atomic mass is 15.0. The molecule has 2 aromatic heterocycles. The number of hydrogen-bond donors (Lipinski definition) is 0. The number of hydrogen-bond acceptors (Lipinski definition) is 2. The van der Waals surface area contributed by atoms with Crippen molar-refractivity contribution >= 4 is 43.6 Å². The molecule has 0 aliphatic heterocycles. The third kappa shape index (κ3) is 3.46. The first-order valence-corrected chi connectivity index (χ1v) is 14.5. The van der Waals surface area contributed by atoms with Crippen molar-refractivity contribution in [3.05, 3.63) is 119 Å². The minimum absolute atomic E-state index is 0.00950. The van der Waals surface area contributed by atoms with Gasteiger partial charge in [-0.05, 0) is 41.7 Å². The highest BCUT2D eigenvalue weighted by Gasteiger charge is 2.31. The van der Waals surface area contributed by atoms with Gasteiger partial charge in [0.1, 0.15) is 12.1 Å². The van der Waals surface area contributed by atoms with Crippen LogP contribution in [0.2, 0.25) is 0 Å². The molecule has 5 aromatic carbocycles. The molecule has 0 unspecified atom stereocenters. The van der Waals surface area contributed by atoms with Crippen LogP contribution in [0.1, 0.15) is 61.8 Å². The van der Waals surface area contributed by atoms with Crippen LogP contribution in [0.15, 0.2) is 97.1 Å². The smallest absolute Gasteiger partial charge is 0.102 e. The van der Waals surface area contributed by atoms with Crippen molar-refractivity contribution in [2.24, 2.45) is 0 Å². The van der Waals surface area contributed by atoms with Crippen LogP contribution < -0.4 is 0 Å². The van der Waals surface area contributed by atoms with Crippen LogP contribution in [0, 0.1) is 22.7 Å². The number of nitriles is 2. The number of benzene rings is 5. The Balaban J connectivity index is 1.81. The Morgan fingerprint density at radius 1 is 0.452 bits per heavy atom.